The Morgan fingerprint density at radius 2 is 2.07 bits per heavy atom. The van der Waals surface area contributed by atoms with Gasteiger partial charge in [0.25, 0.3) is 11.6 Å². The molecule has 3 rings (SSSR count). The van der Waals surface area contributed by atoms with E-state index in [2.05, 4.69) is 15.3 Å². The molecular weight excluding hydrogens is 398 g/mol. The highest BCUT2D eigenvalue weighted by Crippen LogP contribution is 2.37. The summed E-state index contributed by atoms with van der Waals surface area (Å²) in [4.78, 5) is 31.9. The summed E-state index contributed by atoms with van der Waals surface area (Å²) in [6, 6.07) is 7.46. The summed E-state index contributed by atoms with van der Waals surface area (Å²) in [7, 11) is 3.86. The van der Waals surface area contributed by atoms with Crippen molar-refractivity contribution < 1.29 is 14.8 Å². The Bertz CT molecular complexity index is 1030. The van der Waals surface area contributed by atoms with Crippen molar-refractivity contribution in [1.82, 2.24) is 20.2 Å². The maximum absolute atomic E-state index is 12.3. The number of carbonyl (C=O) groups excluding carboxylic acids is 1. The van der Waals surface area contributed by atoms with E-state index in [0.717, 1.165) is 0 Å². The summed E-state index contributed by atoms with van der Waals surface area (Å²) in [6.07, 6.45) is 1.42. The summed E-state index contributed by atoms with van der Waals surface area (Å²) in [5, 5.41) is 24.7. The standard InChI is InChI=1S/C19H21N5O4.ClH/c1-11(10-23(2)3)21-18(25)12-4-6-16(20-9-12)17-14-8-13(24(27)28)5-7-15(14)22-19(17)26;/h4-9,11,22,26H,10H2,1-3H3,(H,21,25);1H. The van der Waals surface area contributed by atoms with Crippen molar-refractivity contribution in [3.63, 3.8) is 0 Å². The van der Waals surface area contributed by atoms with Crippen LogP contribution in [0.3, 0.4) is 0 Å². The number of benzene rings is 1. The molecule has 0 aliphatic rings. The topological polar surface area (TPSA) is 124 Å². The van der Waals surface area contributed by atoms with Crippen molar-refractivity contribution in [2.45, 2.75) is 13.0 Å². The van der Waals surface area contributed by atoms with Gasteiger partial charge >= 0.3 is 0 Å². The fraction of sp³-hybridized carbons (Fsp3) is 0.263. The van der Waals surface area contributed by atoms with Gasteiger partial charge in [-0.25, -0.2) is 0 Å². The highest BCUT2D eigenvalue weighted by molar-refractivity contribution is 6.00. The lowest BCUT2D eigenvalue weighted by Gasteiger charge is -2.18. The van der Waals surface area contributed by atoms with Crippen LogP contribution < -0.4 is 5.32 Å². The van der Waals surface area contributed by atoms with Crippen molar-refractivity contribution in [3.05, 3.63) is 52.2 Å². The van der Waals surface area contributed by atoms with E-state index in [1.165, 1.54) is 24.4 Å². The number of halogens is 1. The van der Waals surface area contributed by atoms with Crippen molar-refractivity contribution >= 4 is 34.9 Å². The molecule has 9 nitrogen and oxygen atoms in total. The first-order valence-corrected chi connectivity index (χ1v) is 8.67. The minimum Gasteiger partial charge on any atom is -0.494 e. The van der Waals surface area contributed by atoms with E-state index in [9.17, 15) is 20.0 Å². The second-order valence-electron chi connectivity index (χ2n) is 6.90. The van der Waals surface area contributed by atoms with Crippen molar-refractivity contribution in [3.8, 4) is 17.1 Å². The molecule has 0 radical (unpaired) electrons. The van der Waals surface area contributed by atoms with Gasteiger partial charge in [-0.2, -0.15) is 0 Å². The van der Waals surface area contributed by atoms with Crippen molar-refractivity contribution in [2.24, 2.45) is 0 Å². The molecule has 29 heavy (non-hydrogen) atoms. The number of rotatable bonds is 6. The van der Waals surface area contributed by atoms with Crippen LogP contribution in [-0.4, -0.2) is 57.5 Å². The molecular formula is C19H22ClN5O4. The van der Waals surface area contributed by atoms with Gasteiger partial charge in [-0.1, -0.05) is 0 Å². The Balaban J connectivity index is 0.00000300. The summed E-state index contributed by atoms with van der Waals surface area (Å²) in [5.41, 5.74) is 1.62. The van der Waals surface area contributed by atoms with Gasteiger partial charge in [-0.3, -0.25) is 19.9 Å². The third kappa shape index (κ3) is 4.82. The van der Waals surface area contributed by atoms with Crippen LogP contribution in [-0.2, 0) is 0 Å². The molecule has 1 atom stereocenters. The molecule has 1 unspecified atom stereocenters. The van der Waals surface area contributed by atoms with Crippen LogP contribution in [0.15, 0.2) is 36.5 Å². The Hall–Kier alpha value is -3.17. The van der Waals surface area contributed by atoms with Gasteiger partial charge in [0.1, 0.15) is 0 Å². The van der Waals surface area contributed by atoms with Crippen molar-refractivity contribution in [2.75, 3.05) is 20.6 Å². The number of nitrogens with one attached hydrogen (secondary N) is 2. The smallest absolute Gasteiger partial charge is 0.270 e. The number of nitro groups is 1. The summed E-state index contributed by atoms with van der Waals surface area (Å²) in [6.45, 7) is 2.62. The molecule has 0 spiro atoms. The van der Waals surface area contributed by atoms with Gasteiger partial charge < -0.3 is 20.3 Å². The van der Waals surface area contributed by atoms with E-state index in [1.807, 2.05) is 25.9 Å². The number of hydrogen-bond donors (Lipinski definition) is 3. The zero-order chi connectivity index (χ0) is 20.4. The zero-order valence-electron chi connectivity index (χ0n) is 16.2. The summed E-state index contributed by atoms with van der Waals surface area (Å²) >= 11 is 0. The molecule has 1 aromatic carbocycles. The number of H-pyrrole nitrogens is 1. The summed E-state index contributed by atoms with van der Waals surface area (Å²) < 4.78 is 0. The highest BCUT2D eigenvalue weighted by atomic mass is 35.5. The van der Waals surface area contributed by atoms with Crippen LogP contribution in [0.25, 0.3) is 22.2 Å². The Morgan fingerprint density at radius 1 is 1.34 bits per heavy atom. The quantitative estimate of drug-likeness (QED) is 0.416. The lowest BCUT2D eigenvalue weighted by Crippen LogP contribution is -2.39. The number of nitro benzene ring substituents is 1. The molecule has 0 fully saturated rings. The van der Waals surface area contributed by atoms with E-state index in [4.69, 9.17) is 0 Å². The number of nitrogens with zero attached hydrogens (tertiary/aromatic N) is 3. The van der Waals surface area contributed by atoms with Gasteiger partial charge in [0.2, 0.25) is 0 Å². The lowest BCUT2D eigenvalue weighted by atomic mass is 10.1. The van der Waals surface area contributed by atoms with E-state index >= 15 is 0 Å². The van der Waals surface area contributed by atoms with Crippen LogP contribution >= 0.6 is 12.4 Å². The molecule has 0 bridgehead atoms. The van der Waals surface area contributed by atoms with Crippen LogP contribution in [0.4, 0.5) is 5.69 Å². The van der Waals surface area contributed by atoms with Gasteiger partial charge in [-0.05, 0) is 39.2 Å². The third-order valence-electron chi connectivity index (χ3n) is 4.27. The molecule has 1 amide bonds. The second kappa shape index (κ2) is 8.89. The molecule has 10 heteroatoms. The maximum atomic E-state index is 12.3. The first kappa shape index (κ1) is 22.1. The third-order valence-corrected chi connectivity index (χ3v) is 4.27. The average Bonchev–Trinajstić information content (AvgIpc) is 2.95. The van der Waals surface area contributed by atoms with E-state index < -0.39 is 4.92 Å². The van der Waals surface area contributed by atoms with Gasteiger partial charge in [0, 0.05) is 41.8 Å². The molecule has 0 aliphatic carbocycles. The molecule has 0 saturated heterocycles. The number of pyridine rings is 1. The highest BCUT2D eigenvalue weighted by Gasteiger charge is 2.18. The van der Waals surface area contributed by atoms with Gasteiger partial charge in [-0.15, -0.1) is 12.4 Å². The fourth-order valence-electron chi connectivity index (χ4n) is 3.12. The number of fused-ring (bicyclic) bond motifs is 1. The number of non-ortho nitro benzene ring substituents is 1. The predicted octanol–water partition coefficient (Wildman–Crippen LogP) is 2.95. The zero-order valence-corrected chi connectivity index (χ0v) is 17.0. The molecule has 3 N–H and O–H groups in total. The van der Waals surface area contributed by atoms with E-state index in [1.54, 1.807) is 12.1 Å². The number of carbonyl (C=O) groups is 1. The predicted molar refractivity (Wildman–Crippen MR) is 113 cm³/mol. The molecule has 0 aliphatic heterocycles. The Labute approximate surface area is 173 Å². The SMILES string of the molecule is CC(CN(C)C)NC(=O)c1ccc(-c2c(O)[nH]c3ccc([N+](=O)[O-])cc23)nc1.Cl. The number of amides is 1. The average molecular weight is 420 g/mol. The van der Waals surface area contributed by atoms with Crippen LogP contribution in [0.5, 0.6) is 5.88 Å². The first-order chi connectivity index (χ1) is 13.3. The van der Waals surface area contributed by atoms with E-state index in [0.29, 0.717) is 34.3 Å². The normalized spacial score (nSPS) is 11.9. The lowest BCUT2D eigenvalue weighted by molar-refractivity contribution is -0.384. The molecule has 2 heterocycles. The molecule has 154 valence electrons. The largest absolute Gasteiger partial charge is 0.494 e. The van der Waals surface area contributed by atoms with E-state index in [-0.39, 0.29) is 35.9 Å². The molecule has 3 aromatic rings. The summed E-state index contributed by atoms with van der Waals surface area (Å²) in [5.74, 6) is -0.382. The number of aromatic nitrogens is 2. The Kier molecular flexibility index (Phi) is 6.78. The Morgan fingerprint density at radius 3 is 2.66 bits per heavy atom. The number of aromatic amines is 1. The second-order valence-corrected chi connectivity index (χ2v) is 6.90. The monoisotopic (exact) mass is 419 g/mol. The minimum absolute atomic E-state index is 0. The number of aromatic hydroxyl groups is 1. The van der Waals surface area contributed by atoms with Crippen LogP contribution in [0, 0.1) is 10.1 Å². The fourth-order valence-corrected chi connectivity index (χ4v) is 3.12. The maximum Gasteiger partial charge on any atom is 0.270 e. The van der Waals surface area contributed by atoms with Crippen LogP contribution in [0.2, 0.25) is 0 Å². The number of hydrogen-bond acceptors (Lipinski definition) is 6. The molecule has 2 aromatic heterocycles. The molecule has 0 saturated carbocycles. The first-order valence-electron chi connectivity index (χ1n) is 8.67. The number of likely N-dealkylation sites (N-methyl/N-ethyl adjacent to an activating group) is 1. The van der Waals surface area contributed by atoms with Gasteiger partial charge in [0.15, 0.2) is 5.88 Å². The minimum atomic E-state index is -0.497. The van der Waals surface area contributed by atoms with Gasteiger partial charge in [0.05, 0.1) is 21.7 Å². The van der Waals surface area contributed by atoms with Crippen LogP contribution in [0.1, 0.15) is 17.3 Å². The van der Waals surface area contributed by atoms with Crippen molar-refractivity contribution in [1.29, 1.82) is 0 Å².